The van der Waals surface area contributed by atoms with Gasteiger partial charge in [-0.2, -0.15) is 5.10 Å². The summed E-state index contributed by atoms with van der Waals surface area (Å²) >= 11 is 0. The van der Waals surface area contributed by atoms with E-state index in [1.54, 1.807) is 13.3 Å². The van der Waals surface area contributed by atoms with Gasteiger partial charge in [-0.15, -0.1) is 0 Å². The minimum atomic E-state index is -0.247. The summed E-state index contributed by atoms with van der Waals surface area (Å²) in [6, 6.07) is 18.0. The number of carbonyl (C=O) groups excluding carboxylic acids is 1. The molecule has 0 radical (unpaired) electrons. The van der Waals surface area contributed by atoms with Gasteiger partial charge in [-0.3, -0.25) is 14.9 Å². The number of methoxy groups -OCH3 is 1. The van der Waals surface area contributed by atoms with Gasteiger partial charge in [0, 0.05) is 41.8 Å². The Morgan fingerprint density at radius 2 is 1.80 bits per heavy atom. The second-order valence-corrected chi connectivity index (χ2v) is 9.88. The summed E-state index contributed by atoms with van der Waals surface area (Å²) in [5, 5.41) is 16.9. The number of hydrogen-bond acceptors (Lipinski definition) is 6. The number of imidazole rings is 1. The Bertz CT molecular complexity index is 1870. The van der Waals surface area contributed by atoms with E-state index in [0.717, 1.165) is 57.2 Å². The SMILES string of the molecule is CCNCc1cncc(-c2ccc3[nH]nc(-c4ncc(C(=O)NCc5ccc(OC)c6ccccc56)[nH]4)c3c2)c1C. The minimum absolute atomic E-state index is 0.247. The van der Waals surface area contributed by atoms with Crippen molar-refractivity contribution in [2.75, 3.05) is 13.7 Å². The molecular weight excluding hydrogens is 514 g/mol. The Kier molecular flexibility index (Phi) is 7.18. The molecule has 1 amide bonds. The van der Waals surface area contributed by atoms with Crippen molar-refractivity contribution in [3.63, 3.8) is 0 Å². The number of rotatable bonds is 9. The number of benzene rings is 3. The average molecular weight is 546 g/mol. The van der Waals surface area contributed by atoms with Crippen LogP contribution in [0.5, 0.6) is 5.75 Å². The van der Waals surface area contributed by atoms with Crippen LogP contribution in [0.15, 0.2) is 73.2 Å². The molecule has 206 valence electrons. The van der Waals surface area contributed by atoms with Crippen LogP contribution >= 0.6 is 0 Å². The monoisotopic (exact) mass is 545 g/mol. The molecule has 9 heteroatoms. The van der Waals surface area contributed by atoms with Gasteiger partial charge in [0.2, 0.25) is 0 Å². The lowest BCUT2D eigenvalue weighted by molar-refractivity contribution is 0.0946. The average Bonchev–Trinajstić information content (AvgIpc) is 3.66. The highest BCUT2D eigenvalue weighted by Crippen LogP contribution is 2.32. The number of hydrogen-bond donors (Lipinski definition) is 4. The molecule has 6 aromatic rings. The minimum Gasteiger partial charge on any atom is -0.496 e. The summed E-state index contributed by atoms with van der Waals surface area (Å²) in [6.45, 7) is 6.25. The van der Waals surface area contributed by atoms with Crippen LogP contribution in [0.1, 0.15) is 34.1 Å². The van der Waals surface area contributed by atoms with Crippen molar-refractivity contribution >= 4 is 27.6 Å². The van der Waals surface area contributed by atoms with Crippen molar-refractivity contribution in [2.24, 2.45) is 0 Å². The number of aromatic amines is 2. The van der Waals surface area contributed by atoms with Crippen molar-refractivity contribution in [2.45, 2.75) is 26.9 Å². The van der Waals surface area contributed by atoms with Gasteiger partial charge in [-0.05, 0) is 59.3 Å². The molecule has 0 saturated carbocycles. The molecule has 41 heavy (non-hydrogen) atoms. The van der Waals surface area contributed by atoms with Gasteiger partial charge in [0.1, 0.15) is 17.1 Å². The number of nitrogens with zero attached hydrogens (tertiary/aromatic N) is 3. The van der Waals surface area contributed by atoms with Crippen LogP contribution in [0.4, 0.5) is 0 Å². The van der Waals surface area contributed by atoms with E-state index in [-0.39, 0.29) is 5.91 Å². The third-order valence-corrected chi connectivity index (χ3v) is 7.44. The Labute approximate surface area is 237 Å². The number of H-pyrrole nitrogens is 2. The predicted molar refractivity (Wildman–Crippen MR) is 161 cm³/mol. The van der Waals surface area contributed by atoms with Gasteiger partial charge < -0.3 is 20.4 Å². The highest BCUT2D eigenvalue weighted by molar-refractivity contribution is 5.97. The third-order valence-electron chi connectivity index (χ3n) is 7.44. The molecule has 0 atom stereocenters. The summed E-state index contributed by atoms with van der Waals surface area (Å²) < 4.78 is 5.49. The van der Waals surface area contributed by atoms with Gasteiger partial charge in [0.25, 0.3) is 5.91 Å². The highest BCUT2D eigenvalue weighted by atomic mass is 16.5. The molecule has 3 heterocycles. The van der Waals surface area contributed by atoms with Crippen LogP contribution < -0.4 is 15.4 Å². The molecular formula is C32H31N7O2. The van der Waals surface area contributed by atoms with Crippen LogP contribution in [-0.4, -0.2) is 44.7 Å². The molecule has 0 bridgehead atoms. The summed E-state index contributed by atoms with van der Waals surface area (Å²) in [7, 11) is 1.66. The fraction of sp³-hybridized carbons (Fsp3) is 0.188. The molecule has 0 aliphatic carbocycles. The highest BCUT2D eigenvalue weighted by Gasteiger charge is 2.17. The van der Waals surface area contributed by atoms with Crippen molar-refractivity contribution < 1.29 is 9.53 Å². The molecule has 6 rings (SSSR count). The first-order valence-corrected chi connectivity index (χ1v) is 13.6. The molecule has 3 aromatic carbocycles. The second-order valence-electron chi connectivity index (χ2n) is 9.88. The van der Waals surface area contributed by atoms with Gasteiger partial charge in [0.05, 0.1) is 18.8 Å². The number of amides is 1. The van der Waals surface area contributed by atoms with E-state index in [1.807, 2.05) is 54.9 Å². The van der Waals surface area contributed by atoms with Gasteiger partial charge >= 0.3 is 0 Å². The van der Waals surface area contributed by atoms with E-state index >= 15 is 0 Å². The molecule has 0 spiro atoms. The molecule has 3 aromatic heterocycles. The topological polar surface area (TPSA) is 121 Å². The van der Waals surface area contributed by atoms with E-state index in [0.29, 0.717) is 23.8 Å². The number of pyridine rings is 1. The maximum absolute atomic E-state index is 13.1. The molecule has 0 unspecified atom stereocenters. The molecule has 0 aliphatic heterocycles. The lowest BCUT2D eigenvalue weighted by Gasteiger charge is -2.11. The first-order chi connectivity index (χ1) is 20.1. The largest absolute Gasteiger partial charge is 0.496 e. The summed E-state index contributed by atoms with van der Waals surface area (Å²) in [5.41, 5.74) is 7.36. The lowest BCUT2D eigenvalue weighted by atomic mass is 9.98. The third kappa shape index (κ3) is 5.03. The zero-order valence-corrected chi connectivity index (χ0v) is 23.2. The summed E-state index contributed by atoms with van der Waals surface area (Å²) in [5.74, 6) is 1.07. The molecule has 0 aliphatic rings. The van der Waals surface area contributed by atoms with Crippen LogP contribution in [-0.2, 0) is 13.1 Å². The first-order valence-electron chi connectivity index (χ1n) is 13.6. The van der Waals surface area contributed by atoms with Gasteiger partial charge in [-0.1, -0.05) is 43.3 Å². The van der Waals surface area contributed by atoms with Crippen LogP contribution in [0, 0.1) is 6.92 Å². The van der Waals surface area contributed by atoms with Crippen molar-refractivity contribution in [1.82, 2.24) is 35.8 Å². The normalized spacial score (nSPS) is 11.3. The standard InChI is InChI=1S/C32H31N7O2/c1-4-33-14-22-15-34-17-26(19(22)2)20-9-11-27-25(13-20)30(39-38-27)31-35-18-28(37-31)32(40)36-16-21-10-12-29(41-3)24-8-6-5-7-23(21)24/h5-13,15,17-18,33H,4,14,16H2,1-3H3,(H,35,37)(H,36,40)(H,38,39). The Hall–Kier alpha value is -5.02. The van der Waals surface area contributed by atoms with Gasteiger partial charge in [0.15, 0.2) is 5.82 Å². The van der Waals surface area contributed by atoms with E-state index < -0.39 is 0 Å². The molecule has 0 fully saturated rings. The predicted octanol–water partition coefficient (Wildman–Crippen LogP) is 5.52. The van der Waals surface area contributed by atoms with Gasteiger partial charge in [-0.25, -0.2) is 4.98 Å². The van der Waals surface area contributed by atoms with E-state index in [4.69, 9.17) is 4.74 Å². The van der Waals surface area contributed by atoms with Crippen molar-refractivity contribution in [3.8, 4) is 28.4 Å². The van der Waals surface area contributed by atoms with Crippen LogP contribution in [0.3, 0.4) is 0 Å². The van der Waals surface area contributed by atoms with E-state index in [1.165, 1.54) is 11.1 Å². The van der Waals surface area contributed by atoms with E-state index in [2.05, 4.69) is 61.8 Å². The number of ether oxygens (including phenoxy) is 1. The maximum Gasteiger partial charge on any atom is 0.269 e. The first kappa shape index (κ1) is 26.2. The second kappa shape index (κ2) is 11.2. The fourth-order valence-corrected chi connectivity index (χ4v) is 5.15. The lowest BCUT2D eigenvalue weighted by Crippen LogP contribution is -2.23. The van der Waals surface area contributed by atoms with Crippen molar-refractivity contribution in [3.05, 3.63) is 95.6 Å². The molecule has 0 saturated heterocycles. The maximum atomic E-state index is 13.1. The zero-order valence-electron chi connectivity index (χ0n) is 23.2. The molecule has 9 nitrogen and oxygen atoms in total. The number of fused-ring (bicyclic) bond motifs is 2. The smallest absolute Gasteiger partial charge is 0.269 e. The quantitative estimate of drug-likeness (QED) is 0.190. The Morgan fingerprint density at radius 1 is 0.951 bits per heavy atom. The van der Waals surface area contributed by atoms with Crippen LogP contribution in [0.2, 0.25) is 0 Å². The number of carbonyl (C=O) groups is 1. The zero-order chi connectivity index (χ0) is 28.3. The van der Waals surface area contributed by atoms with Crippen LogP contribution in [0.25, 0.3) is 44.3 Å². The van der Waals surface area contributed by atoms with Crippen molar-refractivity contribution in [1.29, 1.82) is 0 Å². The Balaban J connectivity index is 1.24. The Morgan fingerprint density at radius 3 is 2.63 bits per heavy atom. The van der Waals surface area contributed by atoms with E-state index in [9.17, 15) is 4.79 Å². The number of aromatic nitrogens is 5. The summed E-state index contributed by atoms with van der Waals surface area (Å²) in [4.78, 5) is 25.2. The number of nitrogens with one attached hydrogen (secondary N) is 4. The summed E-state index contributed by atoms with van der Waals surface area (Å²) in [6.07, 6.45) is 5.35. The molecule has 4 N–H and O–H groups in total. The fourth-order valence-electron chi connectivity index (χ4n) is 5.15.